The van der Waals surface area contributed by atoms with Crippen LogP contribution in [0.1, 0.15) is 29.6 Å². The van der Waals surface area contributed by atoms with Gasteiger partial charge in [0.2, 0.25) is 5.43 Å². The van der Waals surface area contributed by atoms with Gasteiger partial charge in [0.15, 0.2) is 0 Å². The van der Waals surface area contributed by atoms with Crippen molar-refractivity contribution in [2.75, 3.05) is 18.0 Å². The molecular formula is C23H20ClF2N3O3. The molecule has 6 nitrogen and oxygen atoms in total. The van der Waals surface area contributed by atoms with Crippen molar-refractivity contribution in [1.82, 2.24) is 9.88 Å². The van der Waals surface area contributed by atoms with Crippen LogP contribution < -0.4 is 15.6 Å². The molecule has 5 rings (SSSR count). The number of aromatic nitrogens is 1. The third kappa shape index (κ3) is 3.63. The summed E-state index contributed by atoms with van der Waals surface area (Å²) >= 11 is 6.76. The van der Waals surface area contributed by atoms with Gasteiger partial charge in [0.05, 0.1) is 21.9 Å². The second-order valence-corrected chi connectivity index (χ2v) is 8.69. The molecule has 166 valence electrons. The monoisotopic (exact) mass is 459 g/mol. The molecule has 2 N–H and O–H groups in total. The van der Waals surface area contributed by atoms with Crippen molar-refractivity contribution in [1.29, 1.82) is 0 Å². The Morgan fingerprint density at radius 3 is 2.53 bits per heavy atom. The van der Waals surface area contributed by atoms with E-state index in [0.717, 1.165) is 31.8 Å². The molecule has 32 heavy (non-hydrogen) atoms. The highest BCUT2D eigenvalue weighted by Crippen LogP contribution is 2.36. The molecule has 0 amide bonds. The van der Waals surface area contributed by atoms with Crippen LogP contribution in [0.2, 0.25) is 5.02 Å². The lowest BCUT2D eigenvalue weighted by molar-refractivity contribution is 0.0695. The van der Waals surface area contributed by atoms with Gasteiger partial charge >= 0.3 is 5.97 Å². The van der Waals surface area contributed by atoms with Crippen molar-refractivity contribution in [3.63, 3.8) is 0 Å². The van der Waals surface area contributed by atoms with E-state index in [2.05, 4.69) is 10.2 Å². The minimum atomic E-state index is -1.44. The molecule has 2 fully saturated rings. The van der Waals surface area contributed by atoms with Crippen molar-refractivity contribution >= 4 is 34.2 Å². The van der Waals surface area contributed by atoms with Crippen molar-refractivity contribution in [2.45, 2.75) is 31.3 Å². The van der Waals surface area contributed by atoms with E-state index in [0.29, 0.717) is 23.8 Å². The highest BCUT2D eigenvalue weighted by atomic mass is 35.5. The Bertz CT molecular complexity index is 1310. The van der Waals surface area contributed by atoms with Crippen molar-refractivity contribution in [2.24, 2.45) is 0 Å². The van der Waals surface area contributed by atoms with Crippen LogP contribution in [0, 0.1) is 11.6 Å². The second-order valence-electron chi connectivity index (χ2n) is 8.31. The predicted octanol–water partition coefficient (Wildman–Crippen LogP) is 3.95. The first-order chi connectivity index (χ1) is 15.3. The smallest absolute Gasteiger partial charge is 0.341 e. The summed E-state index contributed by atoms with van der Waals surface area (Å²) in [5.74, 6) is -3.11. The van der Waals surface area contributed by atoms with Gasteiger partial charge in [-0.05, 0) is 43.5 Å². The Hall–Kier alpha value is -2.97. The molecule has 0 radical (unpaired) electrons. The number of carboxylic acids is 1. The number of hydrogen-bond donors (Lipinski definition) is 2. The maximum Gasteiger partial charge on any atom is 0.341 e. The van der Waals surface area contributed by atoms with E-state index in [1.54, 1.807) is 6.07 Å². The summed E-state index contributed by atoms with van der Waals surface area (Å²) in [5.41, 5.74) is -0.483. The van der Waals surface area contributed by atoms with Crippen LogP contribution in [0.5, 0.6) is 0 Å². The molecule has 1 saturated heterocycles. The number of hydrogen-bond acceptors (Lipinski definition) is 4. The first kappa shape index (κ1) is 20.9. The van der Waals surface area contributed by atoms with Crippen LogP contribution in [-0.4, -0.2) is 40.8 Å². The summed E-state index contributed by atoms with van der Waals surface area (Å²) in [6, 6.07) is 7.08. The SMILES string of the molecule is O=C(O)c1cn(-c2ccc(F)cc2F)c2c(Cl)c(N3CCC(NC4CC4)C3)ccc2c1=O. The number of nitrogens with one attached hydrogen (secondary N) is 1. The van der Waals surface area contributed by atoms with Crippen molar-refractivity contribution < 1.29 is 18.7 Å². The Balaban J connectivity index is 1.68. The normalized spacial score (nSPS) is 18.5. The standard InChI is InChI=1S/C23H20ClF2N3O3/c24-20-19(28-8-7-14(10-28)27-13-2-3-13)6-4-15-21(20)29(11-16(22(15)30)23(31)32)18-5-1-12(25)9-17(18)26/h1,4-6,9,11,13-14,27H,2-3,7-8,10H2,(H,31,32). The van der Waals surface area contributed by atoms with Gasteiger partial charge in [-0.3, -0.25) is 4.79 Å². The molecule has 3 aromatic rings. The van der Waals surface area contributed by atoms with Crippen LogP contribution in [0.4, 0.5) is 14.5 Å². The van der Waals surface area contributed by atoms with Crippen molar-refractivity contribution in [3.05, 3.63) is 69.0 Å². The molecule has 1 aliphatic carbocycles. The Morgan fingerprint density at radius 2 is 1.84 bits per heavy atom. The van der Waals surface area contributed by atoms with Gasteiger partial charge in [0.25, 0.3) is 0 Å². The van der Waals surface area contributed by atoms with Gasteiger partial charge in [-0.2, -0.15) is 0 Å². The number of fused-ring (bicyclic) bond motifs is 1. The van der Waals surface area contributed by atoms with Gasteiger partial charge in [0.1, 0.15) is 17.2 Å². The molecule has 1 saturated carbocycles. The molecule has 0 bridgehead atoms. The number of nitrogens with zero attached hydrogens (tertiary/aromatic N) is 2. The first-order valence-corrected chi connectivity index (χ1v) is 10.8. The second kappa shape index (κ2) is 7.86. The fourth-order valence-corrected chi connectivity index (χ4v) is 4.71. The summed E-state index contributed by atoms with van der Waals surface area (Å²) in [6.45, 7) is 1.50. The molecule has 1 aromatic heterocycles. The largest absolute Gasteiger partial charge is 0.477 e. The Morgan fingerprint density at radius 1 is 1.09 bits per heavy atom. The number of pyridine rings is 1. The minimum absolute atomic E-state index is 0.0502. The van der Waals surface area contributed by atoms with Crippen LogP contribution in [0.3, 0.4) is 0 Å². The summed E-state index contributed by atoms with van der Waals surface area (Å²) in [5, 5.41) is 13.4. The number of benzene rings is 2. The third-order valence-electron chi connectivity index (χ3n) is 6.06. The lowest BCUT2D eigenvalue weighted by Gasteiger charge is -2.23. The van der Waals surface area contributed by atoms with Crippen LogP contribution in [0.25, 0.3) is 16.6 Å². The number of anilines is 1. The van der Waals surface area contributed by atoms with E-state index in [1.807, 2.05) is 0 Å². The lowest BCUT2D eigenvalue weighted by atomic mass is 10.1. The average molecular weight is 460 g/mol. The topological polar surface area (TPSA) is 74.6 Å². The van der Waals surface area contributed by atoms with Crippen LogP contribution in [-0.2, 0) is 0 Å². The maximum absolute atomic E-state index is 14.7. The zero-order valence-electron chi connectivity index (χ0n) is 16.9. The summed E-state index contributed by atoms with van der Waals surface area (Å²) in [4.78, 5) is 26.6. The van der Waals surface area contributed by atoms with E-state index >= 15 is 0 Å². The molecular weight excluding hydrogens is 440 g/mol. The van der Waals surface area contributed by atoms with E-state index in [-0.39, 0.29) is 21.6 Å². The molecule has 1 aliphatic heterocycles. The third-order valence-corrected chi connectivity index (χ3v) is 6.43. The highest BCUT2D eigenvalue weighted by molar-refractivity contribution is 6.38. The van der Waals surface area contributed by atoms with E-state index in [4.69, 9.17) is 11.6 Å². The molecule has 2 aromatic carbocycles. The number of aromatic carboxylic acids is 1. The van der Waals surface area contributed by atoms with E-state index in [9.17, 15) is 23.5 Å². The maximum atomic E-state index is 14.7. The Kier molecular flexibility index (Phi) is 5.14. The van der Waals surface area contributed by atoms with Gasteiger partial charge in [-0.1, -0.05) is 11.6 Å². The molecule has 0 spiro atoms. The van der Waals surface area contributed by atoms with Gasteiger partial charge in [0, 0.05) is 42.8 Å². The quantitative estimate of drug-likeness (QED) is 0.604. The number of carboxylic acid groups (broad SMARTS) is 1. The van der Waals surface area contributed by atoms with E-state index in [1.165, 1.54) is 29.5 Å². The summed E-state index contributed by atoms with van der Waals surface area (Å²) < 4.78 is 29.4. The first-order valence-electron chi connectivity index (χ1n) is 10.4. The van der Waals surface area contributed by atoms with Gasteiger partial charge < -0.3 is 19.9 Å². The zero-order valence-corrected chi connectivity index (χ0v) is 17.7. The number of rotatable bonds is 5. The minimum Gasteiger partial charge on any atom is -0.477 e. The fraction of sp³-hybridized carbons (Fsp3) is 0.304. The molecule has 2 heterocycles. The molecule has 9 heteroatoms. The van der Waals surface area contributed by atoms with Crippen LogP contribution >= 0.6 is 11.6 Å². The fourth-order valence-electron chi connectivity index (χ4n) is 4.33. The highest BCUT2D eigenvalue weighted by Gasteiger charge is 2.31. The van der Waals surface area contributed by atoms with Gasteiger partial charge in [-0.25, -0.2) is 13.6 Å². The molecule has 1 atom stereocenters. The average Bonchev–Trinajstić information content (AvgIpc) is 3.44. The van der Waals surface area contributed by atoms with Gasteiger partial charge in [-0.15, -0.1) is 0 Å². The Labute approximate surface area is 187 Å². The summed E-state index contributed by atoms with van der Waals surface area (Å²) in [7, 11) is 0. The van der Waals surface area contributed by atoms with E-state index < -0.39 is 28.6 Å². The lowest BCUT2D eigenvalue weighted by Crippen LogP contribution is -2.34. The van der Waals surface area contributed by atoms with Crippen LogP contribution in [0.15, 0.2) is 41.3 Å². The number of halogens is 3. The molecule has 1 unspecified atom stereocenters. The predicted molar refractivity (Wildman–Crippen MR) is 118 cm³/mol. The summed E-state index contributed by atoms with van der Waals surface area (Å²) in [6.07, 6.45) is 4.37. The number of carbonyl (C=O) groups is 1. The molecule has 2 aliphatic rings. The van der Waals surface area contributed by atoms with Crippen molar-refractivity contribution in [3.8, 4) is 5.69 Å². The zero-order chi connectivity index (χ0) is 22.6.